The number of hydrogen-bond donors (Lipinski definition) is 3. The Balaban J connectivity index is 1.06. The number of nitrogens with zero attached hydrogens (tertiary/aromatic N) is 3. The van der Waals surface area contributed by atoms with Gasteiger partial charge in [-0.3, -0.25) is 14.7 Å². The molecular formula is C27H34N6O. The second kappa shape index (κ2) is 9.97. The lowest BCUT2D eigenvalue weighted by molar-refractivity contribution is -0.121. The highest BCUT2D eigenvalue weighted by Gasteiger charge is 2.35. The first-order valence-corrected chi connectivity index (χ1v) is 12.3. The van der Waals surface area contributed by atoms with E-state index in [9.17, 15) is 4.79 Å². The number of fused-ring (bicyclic) bond motifs is 1. The molecule has 7 nitrogen and oxygen atoms in total. The number of aromatic nitrogens is 2. The van der Waals surface area contributed by atoms with E-state index >= 15 is 0 Å². The number of likely N-dealkylation sites (tertiary alicyclic amines) is 1. The second-order valence-electron chi connectivity index (χ2n) is 9.67. The Morgan fingerprint density at radius 2 is 1.91 bits per heavy atom. The van der Waals surface area contributed by atoms with E-state index in [2.05, 4.69) is 62.0 Å². The van der Waals surface area contributed by atoms with Crippen LogP contribution in [0, 0.1) is 6.92 Å². The van der Waals surface area contributed by atoms with Crippen LogP contribution in [0.25, 0.3) is 10.8 Å². The van der Waals surface area contributed by atoms with Gasteiger partial charge in [0.2, 0.25) is 5.91 Å². The number of aryl methyl sites for hydroxylation is 1. The molecule has 0 bridgehead atoms. The number of carbonyl (C=O) groups excluding carboxylic acids is 1. The van der Waals surface area contributed by atoms with Crippen LogP contribution in [-0.2, 0) is 4.79 Å². The van der Waals surface area contributed by atoms with Crippen LogP contribution in [0.5, 0.6) is 0 Å². The molecule has 0 unspecified atom stereocenters. The standard InChI is InChI=1S/C27H34N6O/c1-18-3-4-20-9-12-30-27(24(20)13-18)31-15-26(34)32-21-16-33(17-21)22-7-5-19(6-8-22)23-10-11-29-14-25(23)28-2/h3-4,9-14,19,21-22,28H,5-8,15-17H2,1-2H3,(H,30,31)(H,32,34). The molecule has 34 heavy (non-hydrogen) atoms. The number of carbonyl (C=O) groups is 1. The zero-order chi connectivity index (χ0) is 23.5. The van der Waals surface area contributed by atoms with Crippen molar-refractivity contribution in [2.45, 2.75) is 50.6 Å². The molecule has 0 radical (unpaired) electrons. The maximum atomic E-state index is 12.5. The van der Waals surface area contributed by atoms with Crippen LogP contribution in [-0.4, -0.2) is 59.5 Å². The summed E-state index contributed by atoms with van der Waals surface area (Å²) in [5.41, 5.74) is 3.73. The zero-order valence-electron chi connectivity index (χ0n) is 20.1. The van der Waals surface area contributed by atoms with Gasteiger partial charge in [0.1, 0.15) is 5.82 Å². The van der Waals surface area contributed by atoms with Gasteiger partial charge in [-0.15, -0.1) is 0 Å². The molecule has 1 saturated carbocycles. The molecule has 5 rings (SSSR count). The molecule has 1 aliphatic carbocycles. The van der Waals surface area contributed by atoms with Crippen molar-refractivity contribution in [1.29, 1.82) is 0 Å². The molecule has 1 saturated heterocycles. The molecule has 1 aliphatic heterocycles. The second-order valence-corrected chi connectivity index (χ2v) is 9.67. The van der Waals surface area contributed by atoms with Crippen molar-refractivity contribution in [2.75, 3.05) is 37.3 Å². The smallest absolute Gasteiger partial charge is 0.239 e. The van der Waals surface area contributed by atoms with Crippen molar-refractivity contribution in [3.8, 4) is 0 Å². The van der Waals surface area contributed by atoms with E-state index < -0.39 is 0 Å². The van der Waals surface area contributed by atoms with Gasteiger partial charge in [-0.1, -0.05) is 17.7 Å². The largest absolute Gasteiger partial charge is 0.387 e. The van der Waals surface area contributed by atoms with Gasteiger partial charge in [-0.2, -0.15) is 0 Å². The summed E-state index contributed by atoms with van der Waals surface area (Å²) in [4.78, 5) is 23.8. The number of rotatable bonds is 7. The SMILES string of the molecule is CNc1cnccc1C1CCC(N2CC(NC(=O)CNc3nccc4ccc(C)cc34)C2)CC1. The van der Waals surface area contributed by atoms with Gasteiger partial charge >= 0.3 is 0 Å². The molecule has 3 N–H and O–H groups in total. The van der Waals surface area contributed by atoms with Crippen molar-refractivity contribution in [2.24, 2.45) is 0 Å². The van der Waals surface area contributed by atoms with Gasteiger partial charge in [0, 0.05) is 44.0 Å². The molecule has 1 amide bonds. The lowest BCUT2D eigenvalue weighted by Gasteiger charge is -2.46. The van der Waals surface area contributed by atoms with Gasteiger partial charge in [-0.25, -0.2) is 4.98 Å². The molecule has 178 valence electrons. The number of hydrogen-bond acceptors (Lipinski definition) is 6. The highest BCUT2D eigenvalue weighted by atomic mass is 16.2. The summed E-state index contributed by atoms with van der Waals surface area (Å²) in [6.07, 6.45) is 10.4. The zero-order valence-corrected chi connectivity index (χ0v) is 20.1. The van der Waals surface area contributed by atoms with Crippen molar-refractivity contribution in [3.05, 3.63) is 60.0 Å². The van der Waals surface area contributed by atoms with Crippen LogP contribution in [0.4, 0.5) is 11.5 Å². The third kappa shape index (κ3) is 4.85. The molecule has 3 aromatic rings. The van der Waals surface area contributed by atoms with Crippen molar-refractivity contribution >= 4 is 28.2 Å². The molecule has 3 heterocycles. The number of benzene rings is 1. The molecule has 2 aliphatic rings. The van der Waals surface area contributed by atoms with Crippen LogP contribution in [0.1, 0.15) is 42.7 Å². The molecule has 0 spiro atoms. The normalized spacial score (nSPS) is 21.1. The Morgan fingerprint density at radius 1 is 1.09 bits per heavy atom. The first kappa shape index (κ1) is 22.6. The molecule has 7 heteroatoms. The summed E-state index contributed by atoms with van der Waals surface area (Å²) >= 11 is 0. The topological polar surface area (TPSA) is 82.2 Å². The van der Waals surface area contributed by atoms with E-state index in [4.69, 9.17) is 0 Å². The molecule has 0 atom stereocenters. The van der Waals surface area contributed by atoms with Gasteiger partial charge in [0.25, 0.3) is 0 Å². The Hall–Kier alpha value is -3.19. The van der Waals surface area contributed by atoms with E-state index in [0.29, 0.717) is 12.0 Å². The fourth-order valence-electron chi connectivity index (χ4n) is 5.49. The molecule has 2 fully saturated rings. The minimum Gasteiger partial charge on any atom is -0.387 e. The number of pyridine rings is 2. The van der Waals surface area contributed by atoms with Crippen LogP contribution in [0.3, 0.4) is 0 Å². The van der Waals surface area contributed by atoms with Gasteiger partial charge in [0.15, 0.2) is 0 Å². The highest BCUT2D eigenvalue weighted by molar-refractivity contribution is 5.93. The van der Waals surface area contributed by atoms with Crippen molar-refractivity contribution in [1.82, 2.24) is 20.2 Å². The van der Waals surface area contributed by atoms with E-state index in [1.807, 2.05) is 25.5 Å². The van der Waals surface area contributed by atoms with Crippen molar-refractivity contribution < 1.29 is 4.79 Å². The first-order chi connectivity index (χ1) is 16.6. The Morgan fingerprint density at radius 3 is 2.71 bits per heavy atom. The predicted octanol–water partition coefficient (Wildman–Crippen LogP) is 3.92. The summed E-state index contributed by atoms with van der Waals surface area (Å²) in [7, 11) is 1.97. The summed E-state index contributed by atoms with van der Waals surface area (Å²) in [5, 5.41) is 11.9. The van der Waals surface area contributed by atoms with Gasteiger partial charge in [-0.05, 0) is 67.7 Å². The third-order valence-electron chi connectivity index (χ3n) is 7.39. The lowest BCUT2D eigenvalue weighted by atomic mass is 9.80. The Labute approximate surface area is 201 Å². The maximum Gasteiger partial charge on any atom is 0.239 e. The highest BCUT2D eigenvalue weighted by Crippen LogP contribution is 2.38. The van der Waals surface area contributed by atoms with E-state index in [-0.39, 0.29) is 18.5 Å². The summed E-state index contributed by atoms with van der Waals surface area (Å²) in [5.74, 6) is 1.40. The molecular weight excluding hydrogens is 424 g/mol. The first-order valence-electron chi connectivity index (χ1n) is 12.3. The average Bonchev–Trinajstić information content (AvgIpc) is 2.85. The van der Waals surface area contributed by atoms with Crippen LogP contribution in [0.2, 0.25) is 0 Å². The van der Waals surface area contributed by atoms with Crippen molar-refractivity contribution in [3.63, 3.8) is 0 Å². The quantitative estimate of drug-likeness (QED) is 0.498. The van der Waals surface area contributed by atoms with Crippen LogP contribution < -0.4 is 16.0 Å². The Kier molecular flexibility index (Phi) is 6.63. The summed E-state index contributed by atoms with van der Waals surface area (Å²) in [6, 6.07) is 11.3. The van der Waals surface area contributed by atoms with Crippen LogP contribution >= 0.6 is 0 Å². The van der Waals surface area contributed by atoms with E-state index in [1.54, 1.807) is 6.20 Å². The summed E-state index contributed by atoms with van der Waals surface area (Å²) in [6.45, 7) is 4.20. The summed E-state index contributed by atoms with van der Waals surface area (Å²) < 4.78 is 0. The third-order valence-corrected chi connectivity index (χ3v) is 7.39. The fourth-order valence-corrected chi connectivity index (χ4v) is 5.49. The van der Waals surface area contributed by atoms with E-state index in [1.165, 1.54) is 36.8 Å². The van der Waals surface area contributed by atoms with Gasteiger partial charge < -0.3 is 16.0 Å². The monoisotopic (exact) mass is 458 g/mol. The predicted molar refractivity (Wildman–Crippen MR) is 137 cm³/mol. The molecule has 2 aromatic heterocycles. The maximum absolute atomic E-state index is 12.5. The fraction of sp³-hybridized carbons (Fsp3) is 0.444. The minimum absolute atomic E-state index is 0.0251. The number of nitrogens with one attached hydrogen (secondary N) is 3. The van der Waals surface area contributed by atoms with E-state index in [0.717, 1.165) is 35.4 Å². The lowest BCUT2D eigenvalue weighted by Crippen LogP contribution is -2.63. The van der Waals surface area contributed by atoms with Gasteiger partial charge in [0.05, 0.1) is 24.5 Å². The Bertz CT molecular complexity index is 1150. The average molecular weight is 459 g/mol. The van der Waals surface area contributed by atoms with Crippen LogP contribution in [0.15, 0.2) is 48.9 Å². The minimum atomic E-state index is 0.0251. The molecule has 1 aromatic carbocycles. The number of amides is 1. The number of anilines is 2.